The minimum absolute atomic E-state index is 0.0550. The van der Waals surface area contributed by atoms with Gasteiger partial charge in [-0.15, -0.1) is 0 Å². The van der Waals surface area contributed by atoms with Crippen molar-refractivity contribution < 1.29 is 19.1 Å². The summed E-state index contributed by atoms with van der Waals surface area (Å²) in [5, 5.41) is 6.55. The number of carbonyl (C=O) groups excluding carboxylic acids is 2. The fourth-order valence-electron chi connectivity index (χ4n) is 3.97. The summed E-state index contributed by atoms with van der Waals surface area (Å²) in [6.45, 7) is 4.06. The number of nitrogens with zero attached hydrogens (tertiary/aromatic N) is 3. The number of aromatic amines is 1. The normalized spacial score (nSPS) is 30.2. The highest BCUT2D eigenvalue weighted by Crippen LogP contribution is 2.35. The number of nitrogens with one attached hydrogen (secondary N) is 1. The van der Waals surface area contributed by atoms with Gasteiger partial charge in [0.05, 0.1) is 25.2 Å². The van der Waals surface area contributed by atoms with Crippen LogP contribution in [0.3, 0.4) is 0 Å². The van der Waals surface area contributed by atoms with Crippen molar-refractivity contribution in [3.8, 4) is 0 Å². The molecule has 8 heteroatoms. The Balaban J connectivity index is 1.53. The molecule has 0 aliphatic carbocycles. The van der Waals surface area contributed by atoms with E-state index in [9.17, 15) is 9.59 Å². The second kappa shape index (κ2) is 6.52. The first-order valence-corrected chi connectivity index (χ1v) is 8.51. The van der Waals surface area contributed by atoms with Gasteiger partial charge in [-0.2, -0.15) is 5.10 Å². The molecule has 1 N–H and O–H groups in total. The van der Waals surface area contributed by atoms with E-state index < -0.39 is 0 Å². The molecule has 24 heavy (non-hydrogen) atoms. The van der Waals surface area contributed by atoms with Crippen molar-refractivity contribution in [1.29, 1.82) is 0 Å². The first-order chi connectivity index (χ1) is 11.7. The molecule has 0 spiro atoms. The van der Waals surface area contributed by atoms with Crippen LogP contribution in [0.1, 0.15) is 16.9 Å². The van der Waals surface area contributed by atoms with Gasteiger partial charge in [0.2, 0.25) is 5.91 Å². The van der Waals surface area contributed by atoms with Crippen molar-refractivity contribution in [3.05, 3.63) is 18.0 Å². The monoisotopic (exact) mass is 334 g/mol. The molecule has 2 amide bonds. The van der Waals surface area contributed by atoms with Crippen LogP contribution in [0.5, 0.6) is 0 Å². The van der Waals surface area contributed by atoms with E-state index in [0.717, 1.165) is 6.42 Å². The lowest BCUT2D eigenvalue weighted by Crippen LogP contribution is -2.56. The Hall–Kier alpha value is -1.93. The summed E-state index contributed by atoms with van der Waals surface area (Å²) in [5.74, 6) is 0.00419. The average Bonchev–Trinajstić information content (AvgIpc) is 3.31. The van der Waals surface area contributed by atoms with Gasteiger partial charge in [-0.1, -0.05) is 0 Å². The standard InChI is InChI=1S/C16H22N4O4/c21-15(19-4-7-23-8-5-19)12-9-20(10-14-11(12)2-6-24-14)16(22)13-1-3-17-18-13/h1,3,11-12,14H,2,4-10H2,(H,17,18)/t11-,12+,14+/m0/s1. The Morgan fingerprint density at radius 2 is 2.00 bits per heavy atom. The van der Waals surface area contributed by atoms with E-state index in [1.165, 1.54) is 0 Å². The van der Waals surface area contributed by atoms with Gasteiger partial charge in [-0.3, -0.25) is 14.7 Å². The number of piperidine rings is 1. The van der Waals surface area contributed by atoms with Crippen LogP contribution >= 0.6 is 0 Å². The van der Waals surface area contributed by atoms with Crippen molar-refractivity contribution >= 4 is 11.8 Å². The summed E-state index contributed by atoms with van der Waals surface area (Å²) in [6.07, 6.45) is 2.39. The number of hydrogen-bond donors (Lipinski definition) is 1. The maximum Gasteiger partial charge on any atom is 0.271 e. The second-order valence-electron chi connectivity index (χ2n) is 6.59. The zero-order valence-corrected chi connectivity index (χ0v) is 13.5. The number of likely N-dealkylation sites (tertiary alicyclic amines) is 1. The summed E-state index contributed by atoms with van der Waals surface area (Å²) in [7, 11) is 0. The van der Waals surface area contributed by atoms with Gasteiger partial charge in [0, 0.05) is 44.9 Å². The molecule has 0 unspecified atom stereocenters. The van der Waals surface area contributed by atoms with E-state index in [0.29, 0.717) is 51.7 Å². The molecule has 4 rings (SSSR count). The minimum Gasteiger partial charge on any atom is -0.378 e. The van der Waals surface area contributed by atoms with Gasteiger partial charge in [0.25, 0.3) is 5.91 Å². The van der Waals surface area contributed by atoms with E-state index >= 15 is 0 Å². The maximum atomic E-state index is 13.0. The molecule has 4 heterocycles. The molecular weight excluding hydrogens is 312 g/mol. The molecule has 8 nitrogen and oxygen atoms in total. The lowest BCUT2D eigenvalue weighted by molar-refractivity contribution is -0.145. The lowest BCUT2D eigenvalue weighted by atomic mass is 9.81. The molecular formula is C16H22N4O4. The molecule has 1 aromatic rings. The minimum atomic E-state index is -0.198. The van der Waals surface area contributed by atoms with Gasteiger partial charge in [-0.05, 0) is 12.5 Å². The molecule has 3 aliphatic heterocycles. The van der Waals surface area contributed by atoms with Gasteiger partial charge in [-0.25, -0.2) is 0 Å². The summed E-state index contributed by atoms with van der Waals surface area (Å²) in [5.41, 5.74) is 0.448. The molecule has 3 fully saturated rings. The molecule has 3 atom stereocenters. The number of H-pyrrole nitrogens is 1. The third kappa shape index (κ3) is 2.80. The van der Waals surface area contributed by atoms with Gasteiger partial charge < -0.3 is 19.3 Å². The molecule has 0 aromatic carbocycles. The van der Waals surface area contributed by atoms with Crippen molar-refractivity contribution in [2.45, 2.75) is 12.5 Å². The first-order valence-electron chi connectivity index (χ1n) is 8.51. The Morgan fingerprint density at radius 3 is 2.75 bits per heavy atom. The summed E-state index contributed by atoms with van der Waals surface area (Å²) in [4.78, 5) is 29.2. The van der Waals surface area contributed by atoms with E-state index in [4.69, 9.17) is 9.47 Å². The largest absolute Gasteiger partial charge is 0.378 e. The Morgan fingerprint density at radius 1 is 1.17 bits per heavy atom. The quantitative estimate of drug-likeness (QED) is 0.805. The number of rotatable bonds is 2. The van der Waals surface area contributed by atoms with Crippen LogP contribution in [0.15, 0.2) is 12.3 Å². The number of hydrogen-bond acceptors (Lipinski definition) is 5. The third-order valence-corrected chi connectivity index (χ3v) is 5.25. The smallest absolute Gasteiger partial charge is 0.271 e. The van der Waals surface area contributed by atoms with Crippen LogP contribution < -0.4 is 0 Å². The zero-order chi connectivity index (χ0) is 16.5. The Kier molecular flexibility index (Phi) is 4.24. The highest BCUT2D eigenvalue weighted by atomic mass is 16.5. The highest BCUT2D eigenvalue weighted by molar-refractivity contribution is 5.93. The summed E-state index contributed by atoms with van der Waals surface area (Å²) in [6, 6.07) is 1.66. The highest BCUT2D eigenvalue weighted by Gasteiger charge is 2.46. The van der Waals surface area contributed by atoms with E-state index in [-0.39, 0.29) is 29.8 Å². The molecule has 0 saturated carbocycles. The van der Waals surface area contributed by atoms with E-state index in [1.807, 2.05) is 4.90 Å². The molecule has 1 aromatic heterocycles. The molecule has 3 saturated heterocycles. The average molecular weight is 334 g/mol. The third-order valence-electron chi connectivity index (χ3n) is 5.25. The van der Waals surface area contributed by atoms with Crippen LogP contribution in [-0.2, 0) is 14.3 Å². The predicted molar refractivity (Wildman–Crippen MR) is 83.2 cm³/mol. The fraction of sp³-hybridized carbons (Fsp3) is 0.688. The number of ether oxygens (including phenoxy) is 2. The van der Waals surface area contributed by atoms with Gasteiger partial charge >= 0.3 is 0 Å². The Labute approximate surface area is 140 Å². The van der Waals surface area contributed by atoms with Crippen LogP contribution in [0.4, 0.5) is 0 Å². The molecule has 130 valence electrons. The number of carbonyl (C=O) groups is 2. The topological polar surface area (TPSA) is 87.8 Å². The number of aromatic nitrogens is 2. The number of amides is 2. The van der Waals surface area contributed by atoms with Crippen LogP contribution in [-0.4, -0.2) is 83.9 Å². The van der Waals surface area contributed by atoms with E-state index in [1.54, 1.807) is 17.2 Å². The molecule has 0 radical (unpaired) electrons. The Bertz CT molecular complexity index is 599. The van der Waals surface area contributed by atoms with Crippen LogP contribution in [0.2, 0.25) is 0 Å². The van der Waals surface area contributed by atoms with Crippen LogP contribution in [0, 0.1) is 11.8 Å². The van der Waals surface area contributed by atoms with Gasteiger partial charge in [0.15, 0.2) is 0 Å². The van der Waals surface area contributed by atoms with Crippen LogP contribution in [0.25, 0.3) is 0 Å². The van der Waals surface area contributed by atoms with Crippen molar-refractivity contribution in [2.24, 2.45) is 11.8 Å². The number of morpholine rings is 1. The zero-order valence-electron chi connectivity index (χ0n) is 13.5. The number of fused-ring (bicyclic) bond motifs is 1. The van der Waals surface area contributed by atoms with Crippen molar-refractivity contribution in [1.82, 2.24) is 20.0 Å². The molecule has 0 bridgehead atoms. The van der Waals surface area contributed by atoms with E-state index in [2.05, 4.69) is 10.2 Å². The molecule has 3 aliphatic rings. The maximum absolute atomic E-state index is 13.0. The second-order valence-corrected chi connectivity index (χ2v) is 6.59. The van der Waals surface area contributed by atoms with Gasteiger partial charge in [0.1, 0.15) is 5.69 Å². The SMILES string of the molecule is O=C(c1ccn[nH]1)N1C[C@H]2OCC[C@H]2[C@H](C(=O)N2CCOCC2)C1. The van der Waals surface area contributed by atoms with Crippen molar-refractivity contribution in [3.63, 3.8) is 0 Å². The first kappa shape index (κ1) is 15.6. The lowest BCUT2D eigenvalue weighted by Gasteiger charge is -2.41. The van der Waals surface area contributed by atoms with Crippen molar-refractivity contribution in [2.75, 3.05) is 46.0 Å². The predicted octanol–water partition coefficient (Wildman–Crippen LogP) is -0.254. The fourth-order valence-corrected chi connectivity index (χ4v) is 3.97. The summed E-state index contributed by atoms with van der Waals surface area (Å²) >= 11 is 0. The summed E-state index contributed by atoms with van der Waals surface area (Å²) < 4.78 is 11.1.